The molecular formula is C11H18O5. The van der Waals surface area contributed by atoms with Gasteiger partial charge >= 0.3 is 5.97 Å². The maximum Gasteiger partial charge on any atom is 0.303 e. The number of hydrogen-bond donors (Lipinski definition) is 1. The van der Waals surface area contributed by atoms with Gasteiger partial charge in [0, 0.05) is 25.6 Å². The average Bonchev–Trinajstić information content (AvgIpc) is 2.76. The van der Waals surface area contributed by atoms with Crippen LogP contribution in [0.3, 0.4) is 0 Å². The summed E-state index contributed by atoms with van der Waals surface area (Å²) < 4.78 is 16.6. The molecule has 0 spiro atoms. The van der Waals surface area contributed by atoms with Crippen molar-refractivity contribution in [3.8, 4) is 0 Å². The number of rotatable bonds is 4. The van der Waals surface area contributed by atoms with Crippen molar-refractivity contribution in [3.63, 3.8) is 0 Å². The third-order valence-electron chi connectivity index (χ3n) is 3.10. The number of aliphatic carboxylic acids is 1. The maximum absolute atomic E-state index is 10.4. The molecular weight excluding hydrogens is 212 g/mol. The number of carboxylic acids is 1. The lowest BCUT2D eigenvalue weighted by Gasteiger charge is -2.26. The summed E-state index contributed by atoms with van der Waals surface area (Å²) in [5.41, 5.74) is 0. The van der Waals surface area contributed by atoms with E-state index in [1.165, 1.54) is 0 Å². The van der Waals surface area contributed by atoms with E-state index in [0.717, 1.165) is 26.1 Å². The summed E-state index contributed by atoms with van der Waals surface area (Å²) in [5.74, 6) is -0.373. The Morgan fingerprint density at radius 2 is 2.06 bits per heavy atom. The largest absolute Gasteiger partial charge is 0.481 e. The second kappa shape index (κ2) is 5.61. The van der Waals surface area contributed by atoms with Crippen LogP contribution in [0.25, 0.3) is 0 Å². The molecule has 0 bridgehead atoms. The smallest absolute Gasteiger partial charge is 0.303 e. The molecule has 0 aliphatic carbocycles. The first-order chi connectivity index (χ1) is 7.75. The fraction of sp³-hybridized carbons (Fsp3) is 0.909. The molecule has 0 saturated carbocycles. The third-order valence-corrected chi connectivity index (χ3v) is 3.10. The Kier molecular flexibility index (Phi) is 4.15. The molecule has 5 nitrogen and oxygen atoms in total. The number of hydrogen-bond acceptors (Lipinski definition) is 4. The molecule has 1 N–H and O–H groups in total. The zero-order valence-corrected chi connectivity index (χ0v) is 9.26. The summed E-state index contributed by atoms with van der Waals surface area (Å²) in [4.78, 5) is 10.4. The van der Waals surface area contributed by atoms with Crippen LogP contribution in [0, 0.1) is 5.92 Å². The second-order valence-corrected chi connectivity index (χ2v) is 4.34. The minimum absolute atomic E-state index is 0.0519. The van der Waals surface area contributed by atoms with Gasteiger partial charge in [0.05, 0.1) is 12.7 Å². The highest BCUT2D eigenvalue weighted by atomic mass is 16.7. The van der Waals surface area contributed by atoms with E-state index in [4.69, 9.17) is 19.3 Å². The van der Waals surface area contributed by atoms with E-state index in [-0.39, 0.29) is 18.8 Å². The molecule has 0 aromatic rings. The molecule has 2 heterocycles. The molecule has 16 heavy (non-hydrogen) atoms. The standard InChI is InChI=1S/C11H18O5/c12-10(13)2-1-9-7-15-11(16-9)8-3-5-14-6-4-8/h8-9,11H,1-7H2,(H,12,13). The fourth-order valence-corrected chi connectivity index (χ4v) is 2.14. The van der Waals surface area contributed by atoms with E-state index in [2.05, 4.69) is 0 Å². The van der Waals surface area contributed by atoms with Crippen LogP contribution in [0.15, 0.2) is 0 Å². The Balaban J connectivity index is 1.72. The second-order valence-electron chi connectivity index (χ2n) is 4.34. The van der Waals surface area contributed by atoms with Crippen molar-refractivity contribution in [2.45, 2.75) is 38.1 Å². The van der Waals surface area contributed by atoms with Crippen molar-refractivity contribution in [1.82, 2.24) is 0 Å². The van der Waals surface area contributed by atoms with Crippen molar-refractivity contribution in [2.24, 2.45) is 5.92 Å². The van der Waals surface area contributed by atoms with E-state index in [1.54, 1.807) is 0 Å². The fourth-order valence-electron chi connectivity index (χ4n) is 2.14. The van der Waals surface area contributed by atoms with Crippen LogP contribution in [0.5, 0.6) is 0 Å². The SMILES string of the molecule is O=C(O)CCC1COC(C2CCOCC2)O1. The van der Waals surface area contributed by atoms with Crippen molar-refractivity contribution in [2.75, 3.05) is 19.8 Å². The molecule has 0 aromatic heterocycles. The molecule has 2 fully saturated rings. The van der Waals surface area contributed by atoms with Gasteiger partial charge in [-0.1, -0.05) is 0 Å². The minimum Gasteiger partial charge on any atom is -0.481 e. The van der Waals surface area contributed by atoms with Gasteiger partial charge in [-0.2, -0.15) is 0 Å². The quantitative estimate of drug-likeness (QED) is 0.781. The Morgan fingerprint density at radius 1 is 1.31 bits per heavy atom. The van der Waals surface area contributed by atoms with Gasteiger partial charge in [0.25, 0.3) is 0 Å². The van der Waals surface area contributed by atoms with Crippen LogP contribution in [0.2, 0.25) is 0 Å². The molecule has 2 atom stereocenters. The molecule has 92 valence electrons. The first kappa shape index (κ1) is 11.8. The molecule has 0 amide bonds. The van der Waals surface area contributed by atoms with Crippen LogP contribution in [-0.4, -0.2) is 43.3 Å². The predicted octanol–water partition coefficient (Wildman–Crippen LogP) is 1.02. The molecule has 5 heteroatoms. The predicted molar refractivity (Wildman–Crippen MR) is 55.0 cm³/mol. The maximum atomic E-state index is 10.4. The van der Waals surface area contributed by atoms with Gasteiger partial charge in [-0.15, -0.1) is 0 Å². The summed E-state index contributed by atoms with van der Waals surface area (Å²) in [6, 6.07) is 0. The summed E-state index contributed by atoms with van der Waals surface area (Å²) in [6.07, 6.45) is 2.42. The van der Waals surface area contributed by atoms with E-state index in [1.807, 2.05) is 0 Å². The molecule has 2 unspecified atom stereocenters. The normalized spacial score (nSPS) is 31.8. The van der Waals surface area contributed by atoms with E-state index in [9.17, 15) is 4.79 Å². The van der Waals surface area contributed by atoms with Gasteiger partial charge in [0.2, 0.25) is 0 Å². The van der Waals surface area contributed by atoms with Gasteiger partial charge < -0.3 is 19.3 Å². The highest BCUT2D eigenvalue weighted by Gasteiger charge is 2.33. The number of ether oxygens (including phenoxy) is 3. The summed E-state index contributed by atoms with van der Waals surface area (Å²) in [6.45, 7) is 2.07. The van der Waals surface area contributed by atoms with Crippen LogP contribution in [0.4, 0.5) is 0 Å². The molecule has 2 saturated heterocycles. The Labute approximate surface area is 94.7 Å². The van der Waals surface area contributed by atoms with Gasteiger partial charge in [-0.25, -0.2) is 0 Å². The lowest BCUT2D eigenvalue weighted by atomic mass is 10.00. The van der Waals surface area contributed by atoms with Gasteiger partial charge in [-0.05, 0) is 19.3 Å². The monoisotopic (exact) mass is 230 g/mol. The van der Waals surface area contributed by atoms with Gasteiger partial charge in [0.1, 0.15) is 0 Å². The van der Waals surface area contributed by atoms with Crippen LogP contribution >= 0.6 is 0 Å². The van der Waals surface area contributed by atoms with Gasteiger partial charge in [0.15, 0.2) is 6.29 Å². The van der Waals surface area contributed by atoms with Crippen LogP contribution in [-0.2, 0) is 19.0 Å². The number of carboxylic acid groups (broad SMARTS) is 1. The zero-order valence-electron chi connectivity index (χ0n) is 9.26. The van der Waals surface area contributed by atoms with E-state index in [0.29, 0.717) is 18.9 Å². The molecule has 2 aliphatic heterocycles. The van der Waals surface area contributed by atoms with Gasteiger partial charge in [-0.3, -0.25) is 4.79 Å². The minimum atomic E-state index is -0.780. The highest BCUT2D eigenvalue weighted by molar-refractivity contribution is 5.66. The van der Waals surface area contributed by atoms with E-state index < -0.39 is 5.97 Å². The summed E-state index contributed by atoms with van der Waals surface area (Å²) >= 11 is 0. The first-order valence-electron chi connectivity index (χ1n) is 5.82. The topological polar surface area (TPSA) is 65.0 Å². The van der Waals surface area contributed by atoms with Crippen LogP contribution < -0.4 is 0 Å². The van der Waals surface area contributed by atoms with Crippen LogP contribution in [0.1, 0.15) is 25.7 Å². The lowest BCUT2D eigenvalue weighted by molar-refractivity contribution is -0.139. The molecule has 2 aliphatic rings. The Bertz CT molecular complexity index is 237. The Morgan fingerprint density at radius 3 is 2.75 bits per heavy atom. The molecule has 0 aromatic carbocycles. The van der Waals surface area contributed by atoms with E-state index >= 15 is 0 Å². The summed E-state index contributed by atoms with van der Waals surface area (Å²) in [7, 11) is 0. The lowest BCUT2D eigenvalue weighted by Crippen LogP contribution is -2.28. The Hall–Kier alpha value is -0.650. The van der Waals surface area contributed by atoms with Crippen molar-refractivity contribution in [1.29, 1.82) is 0 Å². The number of carbonyl (C=O) groups is 1. The third kappa shape index (κ3) is 3.17. The molecule has 0 radical (unpaired) electrons. The van der Waals surface area contributed by atoms with Crippen molar-refractivity contribution >= 4 is 5.97 Å². The van der Waals surface area contributed by atoms with Crippen molar-refractivity contribution < 1.29 is 24.1 Å². The van der Waals surface area contributed by atoms with Crippen molar-refractivity contribution in [3.05, 3.63) is 0 Å². The highest BCUT2D eigenvalue weighted by Crippen LogP contribution is 2.28. The average molecular weight is 230 g/mol. The first-order valence-corrected chi connectivity index (χ1v) is 5.82. The summed E-state index contributed by atoms with van der Waals surface area (Å²) in [5, 5.41) is 8.58. The zero-order chi connectivity index (χ0) is 11.4. The molecule has 2 rings (SSSR count).